The molecule has 0 aromatic heterocycles. The summed E-state index contributed by atoms with van der Waals surface area (Å²) in [5.74, 6) is 0. The molecule has 0 spiro atoms. The number of ether oxygens (including phenoxy) is 2. The summed E-state index contributed by atoms with van der Waals surface area (Å²) in [6.45, 7) is 3.77. The van der Waals surface area contributed by atoms with Crippen LogP contribution in [0, 0.1) is 0 Å². The van der Waals surface area contributed by atoms with Crippen LogP contribution in [0.2, 0.25) is 0 Å². The summed E-state index contributed by atoms with van der Waals surface area (Å²) in [7, 11) is 0. The maximum atomic E-state index is 12.0. The van der Waals surface area contributed by atoms with Crippen molar-refractivity contribution in [2.24, 2.45) is 5.73 Å². The Bertz CT molecular complexity index is 258. The van der Waals surface area contributed by atoms with Gasteiger partial charge in [-0.15, -0.1) is 0 Å². The Morgan fingerprint density at radius 2 is 2.06 bits per heavy atom. The van der Waals surface area contributed by atoms with Gasteiger partial charge in [0.15, 0.2) is 0 Å². The molecule has 0 aromatic carbocycles. The maximum absolute atomic E-state index is 12.0. The van der Waals surface area contributed by atoms with Gasteiger partial charge in [0, 0.05) is 6.04 Å². The zero-order valence-corrected chi connectivity index (χ0v) is 10.4. The fraction of sp³-hybridized carbons (Fsp3) is 0.917. The second kappa shape index (κ2) is 5.69. The minimum absolute atomic E-state index is 0.103. The molecule has 2 aliphatic heterocycles. The molecule has 2 aliphatic rings. The zero-order valence-electron chi connectivity index (χ0n) is 10.4. The van der Waals surface area contributed by atoms with Crippen molar-refractivity contribution in [2.75, 3.05) is 19.8 Å². The molecular weight excluding hydrogens is 220 g/mol. The first-order valence-electron chi connectivity index (χ1n) is 6.50. The van der Waals surface area contributed by atoms with E-state index in [1.54, 1.807) is 0 Å². The first kappa shape index (κ1) is 12.6. The maximum Gasteiger partial charge on any atom is 0.410 e. The second-order valence-corrected chi connectivity index (χ2v) is 4.95. The van der Waals surface area contributed by atoms with Crippen LogP contribution in [-0.2, 0) is 9.47 Å². The highest BCUT2D eigenvalue weighted by Crippen LogP contribution is 2.27. The van der Waals surface area contributed by atoms with Crippen molar-refractivity contribution < 1.29 is 14.3 Å². The van der Waals surface area contributed by atoms with Crippen molar-refractivity contribution in [1.82, 2.24) is 4.90 Å². The van der Waals surface area contributed by atoms with Crippen LogP contribution >= 0.6 is 0 Å². The number of carbonyl (C=O) groups excluding carboxylic acids is 1. The number of hydrogen-bond acceptors (Lipinski definition) is 4. The Labute approximate surface area is 102 Å². The molecule has 2 rings (SSSR count). The summed E-state index contributed by atoms with van der Waals surface area (Å²) in [5, 5.41) is 0. The van der Waals surface area contributed by atoms with Gasteiger partial charge in [0.25, 0.3) is 0 Å². The number of rotatable bonds is 3. The van der Waals surface area contributed by atoms with Crippen LogP contribution in [0.25, 0.3) is 0 Å². The smallest absolute Gasteiger partial charge is 0.410 e. The number of amides is 1. The van der Waals surface area contributed by atoms with Gasteiger partial charge in [0.05, 0.1) is 31.9 Å². The molecule has 2 heterocycles. The molecule has 0 saturated carbocycles. The van der Waals surface area contributed by atoms with Crippen LogP contribution in [0.3, 0.4) is 0 Å². The number of carbonyl (C=O) groups is 1. The number of nitrogens with two attached hydrogens (primary N) is 1. The van der Waals surface area contributed by atoms with Crippen LogP contribution in [0.1, 0.15) is 32.6 Å². The molecular formula is C12H22N2O3. The van der Waals surface area contributed by atoms with E-state index in [9.17, 15) is 4.79 Å². The van der Waals surface area contributed by atoms with Gasteiger partial charge < -0.3 is 15.2 Å². The van der Waals surface area contributed by atoms with Crippen LogP contribution in [-0.4, -0.2) is 48.9 Å². The van der Waals surface area contributed by atoms with Crippen LogP contribution in [0.4, 0.5) is 4.79 Å². The fourth-order valence-electron chi connectivity index (χ4n) is 2.63. The monoisotopic (exact) mass is 242 g/mol. The molecule has 98 valence electrons. The summed E-state index contributed by atoms with van der Waals surface area (Å²) in [6.07, 6.45) is 3.40. The summed E-state index contributed by atoms with van der Waals surface area (Å²) in [4.78, 5) is 13.9. The SMILES string of the molecule is CCCCOC(=O)N1C2COCC1CC(N)C2. The van der Waals surface area contributed by atoms with Crippen LogP contribution in [0.15, 0.2) is 0 Å². The van der Waals surface area contributed by atoms with Crippen molar-refractivity contribution in [3.8, 4) is 0 Å². The van der Waals surface area contributed by atoms with Crippen molar-refractivity contribution in [1.29, 1.82) is 0 Å². The average Bonchev–Trinajstić information content (AvgIpc) is 2.27. The van der Waals surface area contributed by atoms with E-state index >= 15 is 0 Å². The van der Waals surface area contributed by atoms with E-state index in [-0.39, 0.29) is 24.2 Å². The lowest BCUT2D eigenvalue weighted by Crippen LogP contribution is -2.61. The number of morpholine rings is 1. The molecule has 0 aliphatic carbocycles. The first-order valence-corrected chi connectivity index (χ1v) is 6.50. The third kappa shape index (κ3) is 2.90. The highest BCUT2D eigenvalue weighted by Gasteiger charge is 2.41. The third-order valence-electron chi connectivity index (χ3n) is 3.49. The Balaban J connectivity index is 1.92. The standard InChI is InChI=1S/C12H22N2O3/c1-2-3-4-17-12(15)14-10-5-9(13)6-11(14)8-16-7-10/h9-11H,2-8,13H2,1H3. The molecule has 5 heteroatoms. The van der Waals surface area contributed by atoms with E-state index < -0.39 is 0 Å². The Hall–Kier alpha value is -0.810. The Kier molecular flexibility index (Phi) is 4.23. The van der Waals surface area contributed by atoms with Gasteiger partial charge >= 0.3 is 6.09 Å². The van der Waals surface area contributed by atoms with Gasteiger partial charge in [-0.05, 0) is 19.3 Å². The van der Waals surface area contributed by atoms with Gasteiger partial charge in [-0.25, -0.2) is 4.79 Å². The molecule has 2 bridgehead atoms. The minimum atomic E-state index is -0.191. The topological polar surface area (TPSA) is 64.8 Å². The van der Waals surface area contributed by atoms with Gasteiger partial charge in [-0.3, -0.25) is 4.90 Å². The van der Waals surface area contributed by atoms with Gasteiger partial charge in [-0.1, -0.05) is 13.3 Å². The molecule has 0 aromatic rings. The predicted octanol–water partition coefficient (Wildman–Crippen LogP) is 1.11. The fourth-order valence-corrected chi connectivity index (χ4v) is 2.63. The third-order valence-corrected chi connectivity index (χ3v) is 3.49. The lowest BCUT2D eigenvalue weighted by Gasteiger charge is -2.46. The first-order chi connectivity index (χ1) is 8.22. The molecule has 1 amide bonds. The van der Waals surface area contributed by atoms with Crippen LogP contribution < -0.4 is 5.73 Å². The zero-order chi connectivity index (χ0) is 12.3. The minimum Gasteiger partial charge on any atom is -0.449 e. The molecule has 2 N–H and O–H groups in total. The lowest BCUT2D eigenvalue weighted by atomic mass is 9.91. The van der Waals surface area contributed by atoms with Crippen molar-refractivity contribution in [2.45, 2.75) is 50.7 Å². The van der Waals surface area contributed by atoms with E-state index in [4.69, 9.17) is 15.2 Å². The summed E-state index contributed by atoms with van der Waals surface area (Å²) in [5.41, 5.74) is 5.97. The molecule has 0 radical (unpaired) electrons. The van der Waals surface area contributed by atoms with Gasteiger partial charge in [-0.2, -0.15) is 0 Å². The Morgan fingerprint density at radius 1 is 1.41 bits per heavy atom. The van der Waals surface area contributed by atoms with Crippen molar-refractivity contribution >= 4 is 6.09 Å². The van der Waals surface area contributed by atoms with Gasteiger partial charge in [0.1, 0.15) is 0 Å². The molecule has 17 heavy (non-hydrogen) atoms. The highest BCUT2D eigenvalue weighted by atomic mass is 16.6. The van der Waals surface area contributed by atoms with Crippen LogP contribution in [0.5, 0.6) is 0 Å². The van der Waals surface area contributed by atoms with E-state index in [1.807, 2.05) is 4.90 Å². The number of hydrogen-bond donors (Lipinski definition) is 1. The van der Waals surface area contributed by atoms with E-state index in [0.29, 0.717) is 19.8 Å². The Morgan fingerprint density at radius 3 is 2.65 bits per heavy atom. The summed E-state index contributed by atoms with van der Waals surface area (Å²) in [6, 6.07) is 0.395. The summed E-state index contributed by atoms with van der Waals surface area (Å²) >= 11 is 0. The molecule has 2 saturated heterocycles. The average molecular weight is 242 g/mol. The number of unbranched alkanes of at least 4 members (excludes halogenated alkanes) is 1. The number of nitrogens with zero attached hydrogens (tertiary/aromatic N) is 1. The number of fused-ring (bicyclic) bond motifs is 2. The normalized spacial score (nSPS) is 32.4. The molecule has 2 atom stereocenters. The van der Waals surface area contributed by atoms with Crippen molar-refractivity contribution in [3.05, 3.63) is 0 Å². The van der Waals surface area contributed by atoms with E-state index in [0.717, 1.165) is 25.7 Å². The summed E-state index contributed by atoms with van der Waals surface area (Å²) < 4.78 is 10.8. The lowest BCUT2D eigenvalue weighted by molar-refractivity contribution is -0.0694. The quantitative estimate of drug-likeness (QED) is 0.753. The highest BCUT2D eigenvalue weighted by molar-refractivity contribution is 5.69. The molecule has 5 nitrogen and oxygen atoms in total. The van der Waals surface area contributed by atoms with Crippen molar-refractivity contribution in [3.63, 3.8) is 0 Å². The second-order valence-electron chi connectivity index (χ2n) is 4.95. The van der Waals surface area contributed by atoms with E-state index in [2.05, 4.69) is 6.92 Å². The van der Waals surface area contributed by atoms with Gasteiger partial charge in [0.2, 0.25) is 0 Å². The molecule has 2 unspecified atom stereocenters. The largest absolute Gasteiger partial charge is 0.449 e. The predicted molar refractivity (Wildman–Crippen MR) is 63.7 cm³/mol. The molecule has 2 fully saturated rings. The van der Waals surface area contributed by atoms with E-state index in [1.165, 1.54) is 0 Å². The number of piperidine rings is 1.